The van der Waals surface area contributed by atoms with E-state index in [1.807, 2.05) is 41.8 Å². The molecule has 17 heavy (non-hydrogen) atoms. The number of nitrogens with one attached hydrogen (secondary N) is 1. The highest BCUT2D eigenvalue weighted by Gasteiger charge is 1.97. The van der Waals surface area contributed by atoms with E-state index in [1.165, 1.54) is 0 Å². The van der Waals surface area contributed by atoms with Gasteiger partial charge in [-0.3, -0.25) is 0 Å². The Labute approximate surface area is 104 Å². The number of nitriles is 1. The molecule has 0 saturated carbocycles. The molecule has 0 saturated heterocycles. The molecule has 0 fully saturated rings. The molecule has 86 valence electrons. The van der Waals surface area contributed by atoms with Gasteiger partial charge in [0.15, 0.2) is 6.61 Å². The van der Waals surface area contributed by atoms with Crippen LogP contribution in [-0.2, 0) is 6.54 Å². The predicted molar refractivity (Wildman–Crippen MR) is 69.2 cm³/mol. The van der Waals surface area contributed by atoms with Crippen molar-refractivity contribution in [3.8, 4) is 11.8 Å². The summed E-state index contributed by atoms with van der Waals surface area (Å²) in [6.07, 6.45) is 0. The Morgan fingerprint density at radius 1 is 1.35 bits per heavy atom. The van der Waals surface area contributed by atoms with Crippen LogP contribution in [0.2, 0.25) is 0 Å². The zero-order chi connectivity index (χ0) is 11.9. The Morgan fingerprint density at radius 2 is 2.29 bits per heavy atom. The maximum atomic E-state index is 8.44. The van der Waals surface area contributed by atoms with Gasteiger partial charge in [0.2, 0.25) is 0 Å². The highest BCUT2D eigenvalue weighted by Crippen LogP contribution is 2.16. The second-order valence-corrected chi connectivity index (χ2v) is 4.24. The van der Waals surface area contributed by atoms with Gasteiger partial charge in [-0.05, 0) is 29.1 Å². The fourth-order valence-corrected chi connectivity index (χ4v) is 2.04. The molecule has 2 rings (SSSR count). The highest BCUT2D eigenvalue weighted by atomic mass is 32.1. The third-order valence-electron chi connectivity index (χ3n) is 2.22. The first-order valence-electron chi connectivity index (χ1n) is 5.23. The van der Waals surface area contributed by atoms with Crippen molar-refractivity contribution in [1.29, 1.82) is 5.26 Å². The topological polar surface area (TPSA) is 45.0 Å². The van der Waals surface area contributed by atoms with Crippen molar-refractivity contribution in [3.63, 3.8) is 0 Å². The summed E-state index contributed by atoms with van der Waals surface area (Å²) < 4.78 is 5.25. The average molecular weight is 244 g/mol. The minimum Gasteiger partial charge on any atom is -0.479 e. The molecule has 1 heterocycles. The Balaban J connectivity index is 1.94. The normalized spacial score (nSPS) is 9.59. The first-order valence-corrected chi connectivity index (χ1v) is 6.17. The van der Waals surface area contributed by atoms with Crippen LogP contribution in [0.1, 0.15) is 5.56 Å². The number of rotatable bonds is 5. The Morgan fingerprint density at radius 3 is 3.06 bits per heavy atom. The molecular weight excluding hydrogens is 232 g/mol. The zero-order valence-electron chi connectivity index (χ0n) is 9.22. The summed E-state index contributed by atoms with van der Waals surface area (Å²) in [6.45, 7) is 0.835. The summed E-state index contributed by atoms with van der Waals surface area (Å²) >= 11 is 1.67. The average Bonchev–Trinajstić information content (AvgIpc) is 2.87. The van der Waals surface area contributed by atoms with E-state index in [4.69, 9.17) is 10.00 Å². The summed E-state index contributed by atoms with van der Waals surface area (Å²) in [6, 6.07) is 11.7. The van der Waals surface area contributed by atoms with E-state index in [0.29, 0.717) is 0 Å². The lowest BCUT2D eigenvalue weighted by Gasteiger charge is -2.06. The molecule has 0 aliphatic heterocycles. The number of hydrogen-bond acceptors (Lipinski definition) is 4. The van der Waals surface area contributed by atoms with Crippen LogP contribution < -0.4 is 10.1 Å². The van der Waals surface area contributed by atoms with Crippen LogP contribution in [0.25, 0.3) is 0 Å². The summed E-state index contributed by atoms with van der Waals surface area (Å²) in [4.78, 5) is 0. The van der Waals surface area contributed by atoms with Crippen LogP contribution in [-0.4, -0.2) is 6.61 Å². The van der Waals surface area contributed by atoms with Crippen molar-refractivity contribution in [1.82, 2.24) is 0 Å². The van der Waals surface area contributed by atoms with Crippen LogP contribution >= 0.6 is 11.3 Å². The summed E-state index contributed by atoms with van der Waals surface area (Å²) in [5, 5.41) is 15.9. The molecule has 1 N–H and O–H groups in total. The van der Waals surface area contributed by atoms with Gasteiger partial charge in [0.25, 0.3) is 0 Å². The van der Waals surface area contributed by atoms with Gasteiger partial charge in [-0.1, -0.05) is 12.1 Å². The molecule has 0 spiro atoms. The highest BCUT2D eigenvalue weighted by molar-refractivity contribution is 7.08. The van der Waals surface area contributed by atoms with Crippen molar-refractivity contribution >= 4 is 17.0 Å². The number of ether oxygens (including phenoxy) is 1. The second-order valence-electron chi connectivity index (χ2n) is 3.46. The lowest BCUT2D eigenvalue weighted by Crippen LogP contribution is -1.99. The molecular formula is C13H12N2OS. The number of anilines is 1. The van der Waals surface area contributed by atoms with E-state index in [-0.39, 0.29) is 6.61 Å². The molecule has 0 radical (unpaired) electrons. The van der Waals surface area contributed by atoms with Gasteiger partial charge in [0, 0.05) is 17.6 Å². The van der Waals surface area contributed by atoms with Gasteiger partial charge in [-0.15, -0.1) is 0 Å². The van der Waals surface area contributed by atoms with Gasteiger partial charge in [0.1, 0.15) is 11.8 Å². The maximum Gasteiger partial charge on any atom is 0.174 e. The number of benzene rings is 1. The van der Waals surface area contributed by atoms with Crippen LogP contribution in [0.4, 0.5) is 5.69 Å². The van der Waals surface area contributed by atoms with E-state index in [2.05, 4.69) is 10.7 Å². The summed E-state index contributed by atoms with van der Waals surface area (Å²) in [5.41, 5.74) is 2.25. The molecule has 0 amide bonds. The Hall–Kier alpha value is -1.99. The van der Waals surface area contributed by atoms with Crippen LogP contribution in [0.15, 0.2) is 41.1 Å². The van der Waals surface area contributed by atoms with Crippen molar-refractivity contribution < 1.29 is 4.74 Å². The minimum absolute atomic E-state index is 0.0847. The fourth-order valence-electron chi connectivity index (χ4n) is 1.43. The summed E-state index contributed by atoms with van der Waals surface area (Å²) in [7, 11) is 0. The van der Waals surface area contributed by atoms with Gasteiger partial charge in [-0.2, -0.15) is 16.6 Å². The van der Waals surface area contributed by atoms with Crippen molar-refractivity contribution in [3.05, 3.63) is 46.7 Å². The van der Waals surface area contributed by atoms with E-state index in [0.717, 1.165) is 23.5 Å². The molecule has 0 aliphatic rings. The predicted octanol–water partition coefficient (Wildman–Crippen LogP) is 3.26. The van der Waals surface area contributed by atoms with Crippen molar-refractivity contribution in [2.75, 3.05) is 11.9 Å². The van der Waals surface area contributed by atoms with Crippen molar-refractivity contribution in [2.45, 2.75) is 6.54 Å². The van der Waals surface area contributed by atoms with Crippen molar-refractivity contribution in [2.24, 2.45) is 0 Å². The number of nitrogens with zero attached hydrogens (tertiary/aromatic N) is 1. The Kier molecular flexibility index (Phi) is 4.00. The maximum absolute atomic E-state index is 8.44. The zero-order valence-corrected chi connectivity index (χ0v) is 10.0. The molecule has 1 aromatic carbocycles. The first-order chi connectivity index (χ1) is 8.38. The lowest BCUT2D eigenvalue weighted by atomic mass is 10.2. The minimum atomic E-state index is 0.0847. The van der Waals surface area contributed by atoms with Crippen LogP contribution in [0, 0.1) is 11.3 Å². The van der Waals surface area contributed by atoms with E-state index < -0.39 is 0 Å². The first kappa shape index (κ1) is 11.5. The molecule has 3 nitrogen and oxygen atoms in total. The second kappa shape index (κ2) is 5.92. The van der Waals surface area contributed by atoms with Gasteiger partial charge < -0.3 is 10.1 Å². The fraction of sp³-hybridized carbons (Fsp3) is 0.154. The Bertz CT molecular complexity index is 502. The van der Waals surface area contributed by atoms with E-state index in [9.17, 15) is 0 Å². The van der Waals surface area contributed by atoms with Gasteiger partial charge in [-0.25, -0.2) is 0 Å². The standard InChI is InChI=1S/C13H12N2OS/c14-5-6-16-13-3-1-2-11(8-13)9-15-12-4-7-17-10-12/h1-4,7-8,10,15H,6,9H2. The third kappa shape index (κ3) is 3.51. The molecule has 0 atom stereocenters. The molecule has 0 bridgehead atoms. The SMILES string of the molecule is N#CCOc1cccc(CNc2ccsc2)c1. The molecule has 1 aromatic heterocycles. The van der Waals surface area contributed by atoms with Crippen LogP contribution in [0.5, 0.6) is 5.75 Å². The molecule has 2 aromatic rings. The van der Waals surface area contributed by atoms with Crippen LogP contribution in [0.3, 0.4) is 0 Å². The van der Waals surface area contributed by atoms with E-state index >= 15 is 0 Å². The molecule has 4 heteroatoms. The van der Waals surface area contributed by atoms with E-state index in [1.54, 1.807) is 11.3 Å². The smallest absolute Gasteiger partial charge is 0.174 e. The number of thiophene rings is 1. The molecule has 0 unspecified atom stereocenters. The lowest BCUT2D eigenvalue weighted by molar-refractivity contribution is 0.368. The van der Waals surface area contributed by atoms with Gasteiger partial charge in [0.05, 0.1) is 0 Å². The summed E-state index contributed by atoms with van der Waals surface area (Å²) in [5.74, 6) is 0.733. The third-order valence-corrected chi connectivity index (χ3v) is 2.90. The van der Waals surface area contributed by atoms with Gasteiger partial charge >= 0.3 is 0 Å². The quantitative estimate of drug-likeness (QED) is 0.878. The number of hydrogen-bond donors (Lipinski definition) is 1. The largest absolute Gasteiger partial charge is 0.479 e. The molecule has 0 aliphatic carbocycles. The monoisotopic (exact) mass is 244 g/mol.